The Morgan fingerprint density at radius 1 is 1.15 bits per heavy atom. The van der Waals surface area contributed by atoms with Crippen molar-refractivity contribution in [3.8, 4) is 0 Å². The van der Waals surface area contributed by atoms with Crippen molar-refractivity contribution in [2.24, 2.45) is 0 Å². The third kappa shape index (κ3) is 3.38. The van der Waals surface area contributed by atoms with E-state index in [0.717, 1.165) is 15.4 Å². The lowest BCUT2D eigenvalue weighted by Gasteiger charge is -2.19. The Labute approximate surface area is 163 Å². The van der Waals surface area contributed by atoms with E-state index in [-0.39, 0.29) is 18.0 Å². The van der Waals surface area contributed by atoms with E-state index in [0.29, 0.717) is 29.0 Å². The van der Waals surface area contributed by atoms with Crippen LogP contribution in [0.25, 0.3) is 21.8 Å². The minimum absolute atomic E-state index is 0.138. The van der Waals surface area contributed by atoms with E-state index >= 15 is 0 Å². The summed E-state index contributed by atoms with van der Waals surface area (Å²) in [4.78, 5) is 37.3. The van der Waals surface area contributed by atoms with Crippen LogP contribution in [0.5, 0.6) is 0 Å². The molecule has 0 radical (unpaired) electrons. The molecule has 0 saturated carbocycles. The van der Waals surface area contributed by atoms with Crippen LogP contribution in [0.3, 0.4) is 0 Å². The smallest absolute Gasteiger partial charge is 0.270 e. The van der Waals surface area contributed by atoms with Crippen LogP contribution in [-0.2, 0) is 6.54 Å². The van der Waals surface area contributed by atoms with E-state index in [1.807, 2.05) is 37.3 Å². The Balaban J connectivity index is 1.65. The normalized spacial score (nSPS) is 11.2. The summed E-state index contributed by atoms with van der Waals surface area (Å²) in [6.07, 6.45) is 0. The molecule has 27 heavy (non-hydrogen) atoms. The molecular formula is C20H17BrN4O2. The zero-order chi connectivity index (χ0) is 19.0. The first kappa shape index (κ1) is 17.5. The molecule has 1 amide bonds. The zero-order valence-corrected chi connectivity index (χ0v) is 16.2. The summed E-state index contributed by atoms with van der Waals surface area (Å²) in [5.74, 6) is 0.327. The highest BCUT2D eigenvalue weighted by Crippen LogP contribution is 2.21. The van der Waals surface area contributed by atoms with E-state index in [4.69, 9.17) is 0 Å². The molecule has 7 heteroatoms. The minimum atomic E-state index is -0.199. The van der Waals surface area contributed by atoms with Crippen molar-refractivity contribution in [2.45, 2.75) is 13.5 Å². The summed E-state index contributed by atoms with van der Waals surface area (Å²) >= 11 is 3.43. The van der Waals surface area contributed by atoms with Crippen LogP contribution < -0.4 is 5.56 Å². The molecule has 0 saturated heterocycles. The first-order chi connectivity index (χ1) is 13.0. The molecule has 2 N–H and O–H groups in total. The largest absolute Gasteiger partial charge is 0.350 e. The number of hydrogen-bond donors (Lipinski definition) is 2. The number of H-pyrrole nitrogens is 2. The maximum absolute atomic E-state index is 12.9. The number of rotatable bonds is 4. The molecular weight excluding hydrogens is 408 g/mol. The van der Waals surface area contributed by atoms with Crippen molar-refractivity contribution < 1.29 is 4.79 Å². The fraction of sp³-hybridized carbons (Fsp3) is 0.150. The van der Waals surface area contributed by atoms with Gasteiger partial charge in [-0.2, -0.15) is 0 Å². The zero-order valence-electron chi connectivity index (χ0n) is 14.6. The molecule has 0 atom stereocenters. The molecule has 0 aliphatic carbocycles. The molecule has 0 aliphatic rings. The highest BCUT2D eigenvalue weighted by Gasteiger charge is 2.18. The first-order valence-electron chi connectivity index (χ1n) is 8.60. The second-order valence-electron chi connectivity index (χ2n) is 6.26. The topological polar surface area (TPSA) is 81.8 Å². The van der Waals surface area contributed by atoms with Crippen molar-refractivity contribution >= 4 is 43.6 Å². The Hall–Kier alpha value is -2.93. The number of para-hydroxylation sites is 1. The number of nitrogens with zero attached hydrogens (tertiary/aromatic N) is 2. The number of halogens is 1. The number of benzene rings is 2. The molecule has 0 spiro atoms. The van der Waals surface area contributed by atoms with Crippen LogP contribution >= 0.6 is 15.9 Å². The number of fused-ring (bicyclic) bond motifs is 2. The van der Waals surface area contributed by atoms with Crippen molar-refractivity contribution in [3.05, 3.63) is 74.9 Å². The van der Waals surface area contributed by atoms with Gasteiger partial charge in [-0.25, -0.2) is 4.98 Å². The molecule has 4 aromatic rings. The van der Waals surface area contributed by atoms with Gasteiger partial charge in [-0.15, -0.1) is 0 Å². The fourth-order valence-corrected chi connectivity index (χ4v) is 3.46. The Morgan fingerprint density at radius 3 is 2.78 bits per heavy atom. The van der Waals surface area contributed by atoms with Crippen molar-refractivity contribution in [3.63, 3.8) is 0 Å². The molecule has 2 aromatic heterocycles. The maximum Gasteiger partial charge on any atom is 0.270 e. The quantitative estimate of drug-likeness (QED) is 0.522. The predicted octanol–water partition coefficient (Wildman–Crippen LogP) is 3.83. The number of nitrogens with one attached hydrogen (secondary N) is 2. The Bertz CT molecular complexity index is 1210. The summed E-state index contributed by atoms with van der Waals surface area (Å²) in [7, 11) is 0. The Morgan fingerprint density at radius 2 is 1.96 bits per heavy atom. The second-order valence-corrected chi connectivity index (χ2v) is 7.18. The SMILES string of the molecule is CCN(Cc1nc2ccccc2c(=O)[nH]1)C(=O)c1cc2ccc(Br)cc2[nH]1. The van der Waals surface area contributed by atoms with E-state index in [9.17, 15) is 9.59 Å². The molecule has 0 unspecified atom stereocenters. The summed E-state index contributed by atoms with van der Waals surface area (Å²) in [6, 6.07) is 14.8. The number of amides is 1. The van der Waals surface area contributed by atoms with Crippen molar-refractivity contribution in [1.82, 2.24) is 19.9 Å². The van der Waals surface area contributed by atoms with Crippen LogP contribution in [0.4, 0.5) is 0 Å². The fourth-order valence-electron chi connectivity index (χ4n) is 3.10. The number of carbonyl (C=O) groups excluding carboxylic acids is 1. The lowest BCUT2D eigenvalue weighted by molar-refractivity contribution is 0.0743. The molecule has 6 nitrogen and oxygen atoms in total. The Kier molecular flexibility index (Phi) is 4.53. The number of hydrogen-bond acceptors (Lipinski definition) is 3. The van der Waals surface area contributed by atoms with Gasteiger partial charge >= 0.3 is 0 Å². The van der Waals surface area contributed by atoms with Gasteiger partial charge in [0, 0.05) is 21.9 Å². The second kappa shape index (κ2) is 7.00. The van der Waals surface area contributed by atoms with Crippen molar-refractivity contribution in [1.29, 1.82) is 0 Å². The van der Waals surface area contributed by atoms with E-state index in [1.165, 1.54) is 0 Å². The standard InChI is InChI=1S/C20H17BrN4O2/c1-2-25(11-18-23-15-6-4-3-5-14(15)19(26)24-18)20(27)17-9-12-7-8-13(21)10-16(12)22-17/h3-10,22H,2,11H2,1H3,(H,23,24,26). The van der Waals surface area contributed by atoms with Gasteiger partial charge < -0.3 is 14.9 Å². The molecule has 0 bridgehead atoms. The molecule has 0 aliphatic heterocycles. The van der Waals surface area contributed by atoms with Gasteiger partial charge in [-0.3, -0.25) is 9.59 Å². The monoisotopic (exact) mass is 424 g/mol. The number of carbonyl (C=O) groups is 1. The molecule has 136 valence electrons. The summed E-state index contributed by atoms with van der Waals surface area (Å²) in [5, 5.41) is 1.51. The van der Waals surface area contributed by atoms with E-state index < -0.39 is 0 Å². The third-order valence-corrected chi connectivity index (χ3v) is 4.98. The average Bonchev–Trinajstić information content (AvgIpc) is 3.09. The first-order valence-corrected chi connectivity index (χ1v) is 9.40. The van der Waals surface area contributed by atoms with Crippen LogP contribution in [0.1, 0.15) is 23.2 Å². The summed E-state index contributed by atoms with van der Waals surface area (Å²) in [6.45, 7) is 2.62. The summed E-state index contributed by atoms with van der Waals surface area (Å²) in [5.41, 5.74) is 1.82. The maximum atomic E-state index is 12.9. The van der Waals surface area contributed by atoms with Gasteiger partial charge in [0.1, 0.15) is 11.5 Å². The van der Waals surface area contributed by atoms with Gasteiger partial charge in [0.05, 0.1) is 17.4 Å². The lowest BCUT2D eigenvalue weighted by Crippen LogP contribution is -2.32. The summed E-state index contributed by atoms with van der Waals surface area (Å²) < 4.78 is 0.945. The lowest BCUT2D eigenvalue weighted by atomic mass is 10.2. The number of aromatic nitrogens is 3. The molecule has 4 rings (SSSR count). The third-order valence-electron chi connectivity index (χ3n) is 4.49. The van der Waals surface area contributed by atoms with Gasteiger partial charge in [-0.05, 0) is 37.3 Å². The molecule has 2 aromatic carbocycles. The van der Waals surface area contributed by atoms with Crippen LogP contribution in [-0.4, -0.2) is 32.3 Å². The van der Waals surface area contributed by atoms with Gasteiger partial charge in [0.2, 0.25) is 0 Å². The van der Waals surface area contributed by atoms with Crippen LogP contribution in [0.2, 0.25) is 0 Å². The average molecular weight is 425 g/mol. The van der Waals surface area contributed by atoms with Gasteiger partial charge in [0.25, 0.3) is 11.5 Å². The predicted molar refractivity (Wildman–Crippen MR) is 109 cm³/mol. The minimum Gasteiger partial charge on any atom is -0.350 e. The number of aromatic amines is 2. The van der Waals surface area contributed by atoms with Crippen LogP contribution in [0.15, 0.2) is 57.8 Å². The van der Waals surface area contributed by atoms with E-state index in [2.05, 4.69) is 30.9 Å². The molecule has 2 heterocycles. The van der Waals surface area contributed by atoms with Crippen molar-refractivity contribution in [2.75, 3.05) is 6.54 Å². The van der Waals surface area contributed by atoms with Gasteiger partial charge in [-0.1, -0.05) is 34.1 Å². The highest BCUT2D eigenvalue weighted by atomic mass is 79.9. The van der Waals surface area contributed by atoms with Gasteiger partial charge in [0.15, 0.2) is 0 Å². The highest BCUT2D eigenvalue weighted by molar-refractivity contribution is 9.10. The molecule has 0 fully saturated rings. The van der Waals surface area contributed by atoms with E-state index in [1.54, 1.807) is 23.1 Å². The van der Waals surface area contributed by atoms with Crippen LogP contribution in [0, 0.1) is 0 Å².